The molecule has 6 nitrogen and oxygen atoms in total. The summed E-state index contributed by atoms with van der Waals surface area (Å²) >= 11 is 0. The zero-order chi connectivity index (χ0) is 48.7. The minimum Gasteiger partial charge on any atom is -0.511 e. The average Bonchev–Trinajstić information content (AvgIpc) is 3.93. The fourth-order valence-electron chi connectivity index (χ4n) is 8.78. The number of carbonyl (C=O) groups is 4. The van der Waals surface area contributed by atoms with Gasteiger partial charge in [0.25, 0.3) is 0 Å². The summed E-state index contributed by atoms with van der Waals surface area (Å²) < 4.78 is 0. The van der Waals surface area contributed by atoms with Gasteiger partial charge < -0.3 is 29.4 Å². The molecule has 2 atom stereocenters. The third kappa shape index (κ3) is 12.9. The van der Waals surface area contributed by atoms with Crippen LogP contribution in [0.15, 0.2) is 254 Å². The molecular formula is C62H52O6Ru2. The predicted molar refractivity (Wildman–Crippen MR) is 278 cm³/mol. The monoisotopic (exact) mass is 1100 g/mol. The van der Waals surface area contributed by atoms with Crippen molar-refractivity contribution in [3.05, 3.63) is 299 Å². The Morgan fingerprint density at radius 1 is 0.243 bits per heavy atom. The molecule has 2 N–H and O–H groups in total. The molecule has 0 amide bonds. The summed E-state index contributed by atoms with van der Waals surface area (Å²) in [6.07, 6.45) is 0. The summed E-state index contributed by atoms with van der Waals surface area (Å²) in [6, 6.07) is 82.6. The van der Waals surface area contributed by atoms with Crippen molar-refractivity contribution in [2.75, 3.05) is 0 Å². The molecule has 2 unspecified atom stereocenters. The molecule has 0 saturated heterocycles. The molecule has 8 aromatic rings. The molecule has 10 rings (SSSR count). The Hall–Kier alpha value is -7.75. The van der Waals surface area contributed by atoms with Crippen LogP contribution in [0.1, 0.15) is 56.3 Å². The molecule has 0 aromatic heterocycles. The smallest absolute Gasteiger partial charge is 0.113 e. The van der Waals surface area contributed by atoms with Gasteiger partial charge in [0.05, 0.1) is 11.8 Å². The molecule has 0 aliphatic heterocycles. The Kier molecular flexibility index (Phi) is 24.2. The molecule has 0 fully saturated rings. The Balaban J connectivity index is 0.000000317. The van der Waals surface area contributed by atoms with Crippen molar-refractivity contribution in [3.63, 3.8) is 0 Å². The van der Waals surface area contributed by atoms with Crippen LogP contribution in [0, 0.1) is 0 Å². The summed E-state index contributed by atoms with van der Waals surface area (Å²) in [5.41, 5.74) is 15.0. The summed E-state index contributed by atoms with van der Waals surface area (Å²) in [6.45, 7) is 8.00. The van der Waals surface area contributed by atoms with Crippen LogP contribution >= 0.6 is 0 Å². The molecule has 0 bridgehead atoms. The number of hydrogen-bond acceptors (Lipinski definition) is 6. The maximum atomic E-state index is 11.7. The first kappa shape index (κ1) is 56.6. The van der Waals surface area contributed by atoms with Crippen molar-refractivity contribution in [1.82, 2.24) is 0 Å². The van der Waals surface area contributed by atoms with Gasteiger partial charge in [0.1, 0.15) is 38.7 Å². The van der Waals surface area contributed by atoms with E-state index in [9.17, 15) is 10.2 Å². The van der Waals surface area contributed by atoms with Crippen LogP contribution in [-0.4, -0.2) is 37.4 Å². The fourth-order valence-corrected chi connectivity index (χ4v) is 8.78. The number of aliphatic hydroxyl groups excluding tert-OH is 2. The van der Waals surface area contributed by atoms with E-state index in [1.165, 1.54) is 0 Å². The Morgan fingerprint density at radius 2 is 0.414 bits per heavy atom. The van der Waals surface area contributed by atoms with Crippen LogP contribution < -0.4 is 0 Å². The van der Waals surface area contributed by atoms with Crippen LogP contribution in [0.5, 0.6) is 0 Å². The van der Waals surface area contributed by atoms with E-state index in [-0.39, 0.29) is 50.8 Å². The van der Waals surface area contributed by atoms with Gasteiger partial charge >= 0.3 is 0 Å². The molecule has 8 heteroatoms. The van der Waals surface area contributed by atoms with Crippen molar-refractivity contribution < 1.29 is 68.3 Å². The maximum absolute atomic E-state index is 11.7. The van der Waals surface area contributed by atoms with Gasteiger partial charge in [-0.05, 0) is 66.8 Å². The van der Waals surface area contributed by atoms with Gasteiger partial charge in [-0.3, -0.25) is 0 Å². The molecule has 0 radical (unpaired) electrons. The molecule has 70 heavy (non-hydrogen) atoms. The first-order chi connectivity index (χ1) is 33.7. The number of benzene rings is 8. The summed E-state index contributed by atoms with van der Waals surface area (Å²) in [4.78, 5) is 32.0. The van der Waals surface area contributed by atoms with E-state index in [1.54, 1.807) is 0 Å². The second-order valence-corrected chi connectivity index (χ2v) is 15.0. The summed E-state index contributed by atoms with van der Waals surface area (Å²) in [5.74, 6) is 0.397. The minimum atomic E-state index is -0.209. The molecule has 0 saturated carbocycles. The minimum absolute atomic E-state index is 0. The Bertz CT molecular complexity index is 2700. The van der Waals surface area contributed by atoms with Crippen molar-refractivity contribution in [1.29, 1.82) is 0 Å². The molecule has 352 valence electrons. The number of allylic oxidation sites excluding steroid dienone is 6. The van der Waals surface area contributed by atoms with Gasteiger partial charge in [-0.15, -0.1) is 0 Å². The van der Waals surface area contributed by atoms with Crippen molar-refractivity contribution >= 4 is 60.6 Å². The first-order valence-electron chi connectivity index (χ1n) is 21.6. The SMILES string of the molecule is C=O.C=O.C=O.C=O.OC1=C(c2ccccc2)C(c2ccccc2)=C(c2ccccc2)C1c1ccccc1.OC1=C(c2ccccc2)C(c2ccccc2)=C(c2ccccc2)C1c1ccccc1.[Ru].[Ru]. The van der Waals surface area contributed by atoms with Crippen molar-refractivity contribution in [3.8, 4) is 0 Å². The van der Waals surface area contributed by atoms with Gasteiger partial charge in [-0.25, -0.2) is 0 Å². The zero-order valence-corrected chi connectivity index (χ0v) is 41.8. The molecule has 2 aliphatic carbocycles. The number of rotatable bonds is 8. The summed E-state index contributed by atoms with van der Waals surface area (Å²) in [5, 5.41) is 23.3. The van der Waals surface area contributed by atoms with E-state index >= 15 is 0 Å². The average molecular weight is 1100 g/mol. The van der Waals surface area contributed by atoms with E-state index in [4.69, 9.17) is 19.2 Å². The Labute approximate surface area is 436 Å². The molecular weight excluding hydrogens is 1040 g/mol. The van der Waals surface area contributed by atoms with Gasteiger partial charge in [0.15, 0.2) is 0 Å². The first-order valence-corrected chi connectivity index (χ1v) is 21.6. The van der Waals surface area contributed by atoms with Crippen LogP contribution in [-0.2, 0) is 58.1 Å². The molecule has 0 spiro atoms. The van der Waals surface area contributed by atoms with Crippen LogP contribution in [0.25, 0.3) is 33.4 Å². The maximum Gasteiger partial charge on any atom is 0.113 e. The predicted octanol–water partition coefficient (Wildman–Crippen LogP) is 14.0. The summed E-state index contributed by atoms with van der Waals surface area (Å²) in [7, 11) is 0. The normalized spacial score (nSPS) is 14.1. The third-order valence-corrected chi connectivity index (χ3v) is 11.4. The second kappa shape index (κ2) is 29.9. The van der Waals surface area contributed by atoms with Gasteiger partial charge in [-0.1, -0.05) is 243 Å². The fraction of sp³-hybridized carbons (Fsp3) is 0.0323. The van der Waals surface area contributed by atoms with E-state index in [1.807, 2.05) is 124 Å². The van der Waals surface area contributed by atoms with E-state index in [0.29, 0.717) is 11.5 Å². The van der Waals surface area contributed by atoms with Gasteiger partial charge in [0.2, 0.25) is 0 Å². The largest absolute Gasteiger partial charge is 0.511 e. The van der Waals surface area contributed by atoms with E-state index < -0.39 is 0 Å². The van der Waals surface area contributed by atoms with Crippen molar-refractivity contribution in [2.45, 2.75) is 11.8 Å². The number of carbonyl (C=O) groups excluding carboxylic acids is 4. The van der Waals surface area contributed by atoms with Crippen LogP contribution in [0.2, 0.25) is 0 Å². The number of hydrogen-bond donors (Lipinski definition) is 2. The van der Waals surface area contributed by atoms with Gasteiger partial charge in [0, 0.05) is 50.1 Å². The Morgan fingerprint density at radius 3 is 0.629 bits per heavy atom. The van der Waals surface area contributed by atoms with Crippen LogP contribution in [0.3, 0.4) is 0 Å². The van der Waals surface area contributed by atoms with E-state index in [0.717, 1.165) is 77.9 Å². The second-order valence-electron chi connectivity index (χ2n) is 15.0. The standard InChI is InChI=1S/2C29H22O.4CH2O.2Ru/c2*30-29-27(23-17-9-3-10-18-23)25(21-13-5-1-6-14-21)26(22-15-7-2-8-16-22)28(29)24-19-11-4-12-20-24;4*1-2;;/h2*1-20,27,30H;4*1H2;;. The van der Waals surface area contributed by atoms with Crippen LogP contribution in [0.4, 0.5) is 0 Å². The topological polar surface area (TPSA) is 109 Å². The zero-order valence-electron chi connectivity index (χ0n) is 38.3. The third-order valence-electron chi connectivity index (χ3n) is 11.4. The van der Waals surface area contributed by atoms with Gasteiger partial charge in [-0.2, -0.15) is 0 Å². The molecule has 0 heterocycles. The molecule has 2 aliphatic rings. The quantitative estimate of drug-likeness (QED) is 0.147. The number of aliphatic hydroxyl groups is 2. The van der Waals surface area contributed by atoms with Crippen molar-refractivity contribution in [2.24, 2.45) is 0 Å². The molecule has 8 aromatic carbocycles. The van der Waals surface area contributed by atoms with E-state index in [2.05, 4.69) is 146 Å².